The molecule has 6 nitrogen and oxygen atoms in total. The van der Waals surface area contributed by atoms with Crippen LogP contribution in [0.4, 0.5) is 5.69 Å². The number of amides is 1. The van der Waals surface area contributed by atoms with E-state index < -0.39 is 5.97 Å². The Bertz CT molecular complexity index is 987. The van der Waals surface area contributed by atoms with Gasteiger partial charge in [-0.2, -0.15) is 0 Å². The molecule has 2 aromatic carbocycles. The van der Waals surface area contributed by atoms with Gasteiger partial charge in [-0.25, -0.2) is 9.79 Å². The molecule has 0 atom stereocenters. The van der Waals surface area contributed by atoms with Gasteiger partial charge in [-0.3, -0.25) is 9.69 Å². The van der Waals surface area contributed by atoms with Crippen LogP contribution in [0.1, 0.15) is 22.8 Å². The zero-order chi connectivity index (χ0) is 19.6. The van der Waals surface area contributed by atoms with Crippen molar-refractivity contribution in [3.63, 3.8) is 0 Å². The van der Waals surface area contributed by atoms with Crippen molar-refractivity contribution < 1.29 is 19.8 Å². The van der Waals surface area contributed by atoms with Crippen molar-refractivity contribution in [1.29, 1.82) is 0 Å². The van der Waals surface area contributed by atoms with Gasteiger partial charge in [-0.15, -0.1) is 0 Å². The van der Waals surface area contributed by atoms with Gasteiger partial charge in [0, 0.05) is 17.6 Å². The first kappa shape index (κ1) is 19.0. The molecule has 1 aliphatic rings. The molecule has 27 heavy (non-hydrogen) atoms. The number of hydrogen-bond donors (Lipinski definition) is 2. The molecular weight excluding hydrogens is 388 g/mol. The molecule has 3 rings (SSSR count). The summed E-state index contributed by atoms with van der Waals surface area (Å²) in [5.41, 5.74) is 0.877. The Labute approximate surface area is 164 Å². The van der Waals surface area contributed by atoms with E-state index in [0.29, 0.717) is 27.3 Å². The van der Waals surface area contributed by atoms with Gasteiger partial charge in [0.25, 0.3) is 5.91 Å². The third-order valence-corrected chi connectivity index (χ3v) is 5.18. The van der Waals surface area contributed by atoms with Crippen LogP contribution in [-0.2, 0) is 4.79 Å². The maximum absolute atomic E-state index is 12.6. The normalized spacial score (nSPS) is 17.1. The van der Waals surface area contributed by atoms with E-state index in [0.717, 1.165) is 5.56 Å². The second-order valence-electron chi connectivity index (χ2n) is 5.58. The SMILES string of the molecule is CCN1C(=O)/C(=C/c2ccccc2Cl)SC1=Nc1ccc(C(=O)O)c(O)c1. The van der Waals surface area contributed by atoms with Crippen molar-refractivity contribution in [1.82, 2.24) is 4.90 Å². The second kappa shape index (κ2) is 7.85. The Morgan fingerprint density at radius 1 is 1.30 bits per heavy atom. The number of carbonyl (C=O) groups is 2. The predicted molar refractivity (Wildman–Crippen MR) is 107 cm³/mol. The Balaban J connectivity index is 1.95. The summed E-state index contributed by atoms with van der Waals surface area (Å²) in [4.78, 5) is 30.0. The number of nitrogens with zero attached hydrogens (tertiary/aromatic N) is 2. The van der Waals surface area contributed by atoms with Crippen LogP contribution in [0.2, 0.25) is 5.02 Å². The number of likely N-dealkylation sites (N-methyl/N-ethyl adjacent to an activating group) is 1. The number of carbonyl (C=O) groups excluding carboxylic acids is 1. The highest BCUT2D eigenvalue weighted by Crippen LogP contribution is 2.35. The van der Waals surface area contributed by atoms with Crippen LogP contribution < -0.4 is 0 Å². The van der Waals surface area contributed by atoms with Gasteiger partial charge in [-0.1, -0.05) is 29.8 Å². The summed E-state index contributed by atoms with van der Waals surface area (Å²) in [6.07, 6.45) is 1.71. The van der Waals surface area contributed by atoms with Crippen LogP contribution in [-0.4, -0.2) is 38.7 Å². The van der Waals surface area contributed by atoms with Gasteiger partial charge in [-0.05, 0) is 48.5 Å². The van der Waals surface area contributed by atoms with Gasteiger partial charge < -0.3 is 10.2 Å². The highest BCUT2D eigenvalue weighted by atomic mass is 35.5. The fourth-order valence-electron chi connectivity index (χ4n) is 2.48. The molecule has 0 radical (unpaired) electrons. The summed E-state index contributed by atoms with van der Waals surface area (Å²) in [5, 5.41) is 19.8. The average molecular weight is 403 g/mol. The second-order valence-corrected chi connectivity index (χ2v) is 7.00. The number of carboxylic acid groups (broad SMARTS) is 1. The predicted octanol–water partition coefficient (Wildman–Crippen LogP) is 4.37. The van der Waals surface area contributed by atoms with Crippen LogP contribution in [0.5, 0.6) is 5.75 Å². The number of aromatic hydroxyl groups is 1. The highest BCUT2D eigenvalue weighted by Gasteiger charge is 2.32. The number of aromatic carboxylic acids is 1. The molecule has 0 aromatic heterocycles. The molecule has 1 heterocycles. The number of thioether (sulfide) groups is 1. The number of hydrogen-bond acceptors (Lipinski definition) is 5. The van der Waals surface area contributed by atoms with Crippen molar-refractivity contribution in [2.75, 3.05) is 6.54 Å². The maximum atomic E-state index is 12.6. The first-order valence-electron chi connectivity index (χ1n) is 8.01. The maximum Gasteiger partial charge on any atom is 0.339 e. The Morgan fingerprint density at radius 2 is 2.04 bits per heavy atom. The number of phenols is 1. The molecule has 8 heteroatoms. The first-order chi connectivity index (χ1) is 12.9. The van der Waals surface area contributed by atoms with Crippen LogP contribution >= 0.6 is 23.4 Å². The fraction of sp³-hybridized carbons (Fsp3) is 0.105. The molecule has 1 saturated heterocycles. The van der Waals surface area contributed by atoms with E-state index in [2.05, 4.69) is 4.99 Å². The monoisotopic (exact) mass is 402 g/mol. The van der Waals surface area contributed by atoms with Crippen LogP contribution in [0.15, 0.2) is 52.4 Å². The van der Waals surface area contributed by atoms with Gasteiger partial charge >= 0.3 is 5.97 Å². The highest BCUT2D eigenvalue weighted by molar-refractivity contribution is 8.18. The molecule has 0 aliphatic carbocycles. The molecule has 1 aliphatic heterocycles. The molecule has 0 saturated carbocycles. The summed E-state index contributed by atoms with van der Waals surface area (Å²) in [6.45, 7) is 2.25. The molecular formula is C19H15ClN2O4S. The smallest absolute Gasteiger partial charge is 0.339 e. The number of rotatable bonds is 4. The number of benzene rings is 2. The van der Waals surface area contributed by atoms with Gasteiger partial charge in [0.2, 0.25) is 0 Å². The molecule has 2 N–H and O–H groups in total. The Kier molecular flexibility index (Phi) is 5.53. The van der Waals surface area contributed by atoms with E-state index in [1.54, 1.807) is 12.1 Å². The lowest BCUT2D eigenvalue weighted by atomic mass is 10.2. The summed E-state index contributed by atoms with van der Waals surface area (Å²) in [5.74, 6) is -1.79. The lowest BCUT2D eigenvalue weighted by molar-refractivity contribution is -0.122. The van der Waals surface area contributed by atoms with Crippen molar-refractivity contribution in [2.45, 2.75) is 6.92 Å². The zero-order valence-corrected chi connectivity index (χ0v) is 15.8. The molecule has 1 amide bonds. The number of halogens is 1. The standard InChI is InChI=1S/C19H15ClN2O4S/c1-2-22-17(24)16(9-11-5-3-4-6-14(11)20)27-19(22)21-12-7-8-13(18(25)26)15(23)10-12/h3-10,23H,2H2,1H3,(H,25,26)/b16-9-,21-19?. The molecule has 2 aromatic rings. The van der Waals surface area contributed by atoms with Gasteiger partial charge in [0.15, 0.2) is 5.17 Å². The number of carboxylic acids is 1. The Hall–Kier alpha value is -2.77. The summed E-state index contributed by atoms with van der Waals surface area (Å²) < 4.78 is 0. The van der Waals surface area contributed by atoms with Crippen molar-refractivity contribution in [2.24, 2.45) is 4.99 Å². The quantitative estimate of drug-likeness (QED) is 0.741. The van der Waals surface area contributed by atoms with Crippen molar-refractivity contribution in [3.05, 3.63) is 63.5 Å². The fourth-order valence-corrected chi connectivity index (χ4v) is 3.73. The average Bonchev–Trinajstić information content (AvgIpc) is 2.91. The van der Waals surface area contributed by atoms with E-state index >= 15 is 0 Å². The van der Waals surface area contributed by atoms with E-state index in [9.17, 15) is 14.7 Å². The summed E-state index contributed by atoms with van der Waals surface area (Å²) in [6, 6.07) is 11.2. The molecule has 1 fully saturated rings. The minimum absolute atomic E-state index is 0.187. The van der Waals surface area contributed by atoms with E-state index in [1.807, 2.05) is 25.1 Å². The van der Waals surface area contributed by atoms with E-state index in [1.165, 1.54) is 34.9 Å². The lowest BCUT2D eigenvalue weighted by Gasteiger charge is -2.12. The summed E-state index contributed by atoms with van der Waals surface area (Å²) in [7, 11) is 0. The third kappa shape index (κ3) is 3.99. The summed E-state index contributed by atoms with van der Waals surface area (Å²) >= 11 is 7.36. The third-order valence-electron chi connectivity index (χ3n) is 3.83. The van der Waals surface area contributed by atoms with Crippen LogP contribution in [0, 0.1) is 0 Å². The van der Waals surface area contributed by atoms with Crippen LogP contribution in [0.25, 0.3) is 6.08 Å². The van der Waals surface area contributed by atoms with E-state index in [4.69, 9.17) is 16.7 Å². The van der Waals surface area contributed by atoms with Crippen molar-refractivity contribution in [3.8, 4) is 5.75 Å². The minimum Gasteiger partial charge on any atom is -0.507 e. The van der Waals surface area contributed by atoms with Crippen molar-refractivity contribution >= 4 is 52.2 Å². The molecule has 0 spiro atoms. The zero-order valence-electron chi connectivity index (χ0n) is 14.2. The van der Waals surface area contributed by atoms with E-state index in [-0.39, 0.29) is 17.2 Å². The Morgan fingerprint density at radius 3 is 2.67 bits per heavy atom. The number of amidine groups is 1. The van der Waals surface area contributed by atoms with Gasteiger partial charge in [0.1, 0.15) is 11.3 Å². The lowest BCUT2D eigenvalue weighted by Crippen LogP contribution is -2.28. The number of aliphatic imine (C=N–C) groups is 1. The molecule has 0 bridgehead atoms. The minimum atomic E-state index is -1.22. The molecule has 0 unspecified atom stereocenters. The van der Waals surface area contributed by atoms with Gasteiger partial charge in [0.05, 0.1) is 10.6 Å². The molecule has 138 valence electrons. The first-order valence-corrected chi connectivity index (χ1v) is 9.21. The largest absolute Gasteiger partial charge is 0.507 e. The van der Waals surface area contributed by atoms with Crippen LogP contribution in [0.3, 0.4) is 0 Å². The topological polar surface area (TPSA) is 90.2 Å².